The van der Waals surface area contributed by atoms with Gasteiger partial charge in [0.2, 0.25) is 11.8 Å². The fraction of sp³-hybridized carbons (Fsp3) is 0.375. The van der Waals surface area contributed by atoms with Gasteiger partial charge in [-0.15, -0.1) is 0 Å². The number of amides is 2. The maximum Gasteiger partial charge on any atom is 0.241 e. The van der Waals surface area contributed by atoms with E-state index in [1.807, 2.05) is 6.92 Å². The van der Waals surface area contributed by atoms with Gasteiger partial charge in [0.25, 0.3) is 0 Å². The van der Waals surface area contributed by atoms with Gasteiger partial charge in [0, 0.05) is 0 Å². The number of carbonyl (C=O) groups is 2. The zero-order chi connectivity index (χ0) is 15.8. The third-order valence-corrected chi connectivity index (χ3v) is 6.54. The molecular weight excluding hydrogens is 345 g/mol. The van der Waals surface area contributed by atoms with E-state index in [1.54, 1.807) is 0 Å². The van der Waals surface area contributed by atoms with Crippen LogP contribution in [0.15, 0.2) is 24.3 Å². The van der Waals surface area contributed by atoms with Crippen LogP contribution in [0.3, 0.4) is 0 Å². The molecule has 3 nitrogen and oxygen atoms in total. The summed E-state index contributed by atoms with van der Waals surface area (Å²) in [5.74, 6) is -0.354. The van der Waals surface area contributed by atoms with E-state index in [0.717, 1.165) is 6.42 Å². The average molecular weight is 357 g/mol. The topological polar surface area (TPSA) is 37.4 Å². The van der Waals surface area contributed by atoms with Crippen LogP contribution in [0, 0.1) is 23.2 Å². The fourth-order valence-electron chi connectivity index (χ4n) is 4.22. The molecule has 1 aromatic rings. The molecule has 4 atom stereocenters. The van der Waals surface area contributed by atoms with Crippen LogP contribution < -0.4 is 4.90 Å². The van der Waals surface area contributed by atoms with E-state index >= 15 is 0 Å². The molecular formula is C16H12Cl3NO2. The van der Waals surface area contributed by atoms with Crippen molar-refractivity contribution < 1.29 is 9.59 Å². The Morgan fingerprint density at radius 3 is 2.36 bits per heavy atom. The van der Waals surface area contributed by atoms with Crippen LogP contribution in [0.4, 0.5) is 5.69 Å². The molecule has 2 amide bonds. The Bertz CT molecular complexity index is 737. The summed E-state index contributed by atoms with van der Waals surface area (Å²) in [7, 11) is 0. The monoisotopic (exact) mass is 355 g/mol. The Balaban J connectivity index is 1.83. The first-order chi connectivity index (χ1) is 10.4. The van der Waals surface area contributed by atoms with Crippen molar-refractivity contribution in [2.75, 3.05) is 4.90 Å². The van der Waals surface area contributed by atoms with Crippen molar-refractivity contribution in [3.05, 3.63) is 39.4 Å². The summed E-state index contributed by atoms with van der Waals surface area (Å²) in [4.78, 5) is 27.0. The number of benzene rings is 1. The van der Waals surface area contributed by atoms with Crippen LogP contribution in [0.5, 0.6) is 0 Å². The fourth-order valence-corrected chi connectivity index (χ4v) is 4.81. The Hall–Kier alpha value is -1.03. The van der Waals surface area contributed by atoms with Crippen LogP contribution in [-0.4, -0.2) is 11.8 Å². The number of allylic oxidation sites excluding steroid dienone is 2. The second-order valence-electron chi connectivity index (χ2n) is 6.35. The van der Waals surface area contributed by atoms with Crippen LogP contribution >= 0.6 is 34.8 Å². The number of hydrogen-bond acceptors (Lipinski definition) is 2. The highest BCUT2D eigenvalue weighted by atomic mass is 35.5. The third kappa shape index (κ3) is 1.60. The van der Waals surface area contributed by atoms with E-state index in [9.17, 15) is 9.59 Å². The molecule has 2 bridgehead atoms. The van der Waals surface area contributed by atoms with Crippen molar-refractivity contribution in [3.63, 3.8) is 0 Å². The van der Waals surface area contributed by atoms with Crippen LogP contribution in [0.2, 0.25) is 15.1 Å². The van der Waals surface area contributed by atoms with Crippen molar-refractivity contribution in [1.82, 2.24) is 0 Å². The van der Waals surface area contributed by atoms with E-state index in [2.05, 4.69) is 12.2 Å². The summed E-state index contributed by atoms with van der Waals surface area (Å²) in [6, 6.07) is 3.04. The van der Waals surface area contributed by atoms with Gasteiger partial charge in [-0.2, -0.15) is 0 Å². The maximum absolute atomic E-state index is 13.0. The van der Waals surface area contributed by atoms with Gasteiger partial charge < -0.3 is 0 Å². The molecule has 0 radical (unpaired) electrons. The number of fused-ring (bicyclic) bond motifs is 5. The first-order valence-electron chi connectivity index (χ1n) is 7.07. The summed E-state index contributed by atoms with van der Waals surface area (Å²) in [5.41, 5.74) is -0.265. The minimum atomic E-state index is -0.658. The second kappa shape index (κ2) is 4.50. The number of imide groups is 1. The third-order valence-electron chi connectivity index (χ3n) is 5.34. The Morgan fingerprint density at radius 1 is 1.14 bits per heavy atom. The normalized spacial score (nSPS) is 35.6. The van der Waals surface area contributed by atoms with E-state index < -0.39 is 5.41 Å². The first kappa shape index (κ1) is 14.6. The van der Waals surface area contributed by atoms with Gasteiger partial charge in [0.05, 0.1) is 32.1 Å². The predicted octanol–water partition coefficient (Wildman–Crippen LogP) is 4.35. The van der Waals surface area contributed by atoms with Crippen LogP contribution in [0.25, 0.3) is 0 Å². The van der Waals surface area contributed by atoms with Crippen molar-refractivity contribution >= 4 is 52.3 Å². The zero-order valence-electron chi connectivity index (χ0n) is 11.6. The van der Waals surface area contributed by atoms with Crippen molar-refractivity contribution in [2.45, 2.75) is 13.3 Å². The molecule has 6 heteroatoms. The predicted molar refractivity (Wildman–Crippen MR) is 86.3 cm³/mol. The molecule has 1 aromatic carbocycles. The molecule has 4 rings (SSSR count). The van der Waals surface area contributed by atoms with Gasteiger partial charge in [-0.3, -0.25) is 9.59 Å². The Morgan fingerprint density at radius 2 is 1.77 bits per heavy atom. The first-order valence-corrected chi connectivity index (χ1v) is 8.20. The lowest BCUT2D eigenvalue weighted by Crippen LogP contribution is -2.37. The van der Waals surface area contributed by atoms with Crippen LogP contribution in [0.1, 0.15) is 13.3 Å². The molecule has 1 saturated heterocycles. The van der Waals surface area contributed by atoms with Gasteiger partial charge in [0.1, 0.15) is 0 Å². The van der Waals surface area contributed by atoms with Gasteiger partial charge in [-0.05, 0) is 37.3 Å². The summed E-state index contributed by atoms with van der Waals surface area (Å²) in [5, 5.41) is 0.681. The summed E-state index contributed by atoms with van der Waals surface area (Å²) >= 11 is 18.0. The lowest BCUT2D eigenvalue weighted by Gasteiger charge is -2.28. The largest absolute Gasteiger partial charge is 0.274 e. The van der Waals surface area contributed by atoms with E-state index in [1.165, 1.54) is 17.0 Å². The molecule has 0 unspecified atom stereocenters. The quantitative estimate of drug-likeness (QED) is 0.426. The van der Waals surface area contributed by atoms with Crippen molar-refractivity contribution in [3.8, 4) is 0 Å². The summed E-state index contributed by atoms with van der Waals surface area (Å²) < 4.78 is 0. The number of nitrogens with zero attached hydrogens (tertiary/aromatic N) is 1. The van der Waals surface area contributed by atoms with Gasteiger partial charge >= 0.3 is 0 Å². The minimum Gasteiger partial charge on any atom is -0.274 e. The molecule has 0 aromatic heterocycles. The minimum absolute atomic E-state index is 0.127. The maximum atomic E-state index is 13.0. The molecule has 114 valence electrons. The highest BCUT2D eigenvalue weighted by Crippen LogP contribution is 2.61. The van der Waals surface area contributed by atoms with Gasteiger partial charge in [-0.25, -0.2) is 4.90 Å². The molecule has 1 aliphatic heterocycles. The van der Waals surface area contributed by atoms with Crippen molar-refractivity contribution in [2.24, 2.45) is 23.2 Å². The van der Waals surface area contributed by atoms with E-state index in [4.69, 9.17) is 34.8 Å². The number of carbonyl (C=O) groups excluding carboxylic acids is 2. The number of hydrogen-bond donors (Lipinski definition) is 0. The lowest BCUT2D eigenvalue weighted by atomic mass is 9.71. The number of anilines is 1. The molecule has 0 N–H and O–H groups in total. The highest BCUT2D eigenvalue weighted by molar-refractivity contribution is 6.48. The molecule has 2 aliphatic carbocycles. The smallest absolute Gasteiger partial charge is 0.241 e. The summed E-state index contributed by atoms with van der Waals surface area (Å²) in [6.07, 6.45) is 5.01. The number of rotatable bonds is 1. The van der Waals surface area contributed by atoms with E-state index in [-0.39, 0.29) is 44.6 Å². The van der Waals surface area contributed by atoms with Crippen molar-refractivity contribution in [1.29, 1.82) is 0 Å². The number of halogens is 3. The van der Waals surface area contributed by atoms with Crippen LogP contribution in [-0.2, 0) is 9.59 Å². The van der Waals surface area contributed by atoms with Gasteiger partial charge in [-0.1, -0.05) is 47.0 Å². The highest BCUT2D eigenvalue weighted by Gasteiger charge is 2.67. The lowest BCUT2D eigenvalue weighted by molar-refractivity contribution is -0.127. The van der Waals surface area contributed by atoms with E-state index in [0.29, 0.717) is 5.69 Å². The molecule has 1 heterocycles. The van der Waals surface area contributed by atoms with Gasteiger partial charge in [0.15, 0.2) is 0 Å². The molecule has 1 saturated carbocycles. The average Bonchev–Trinajstić information content (AvgIpc) is 3.09. The molecule has 0 spiro atoms. The molecule has 2 fully saturated rings. The molecule has 22 heavy (non-hydrogen) atoms. The SMILES string of the molecule is C[C@@]12C(=O)N(c3cc(Cl)c(Cl)c(Cl)c3)C(=O)[C@H]1[C@H]1C=C[C@H]2C1. The summed E-state index contributed by atoms with van der Waals surface area (Å²) in [6.45, 7) is 1.89. The second-order valence-corrected chi connectivity index (χ2v) is 7.55. The molecule has 3 aliphatic rings. The Labute approximate surface area is 142 Å². The Kier molecular flexibility index (Phi) is 2.98. The zero-order valence-corrected chi connectivity index (χ0v) is 13.9. The standard InChI is InChI=1S/C16H12Cl3NO2/c1-16-8-3-2-7(4-8)12(16)14(21)20(15(16)22)9-5-10(17)13(19)11(18)6-9/h2-3,5-8,12H,4H2,1H3/t7-,8-,12+,16-/m0/s1.